The zero-order valence-electron chi connectivity index (χ0n) is 15.2. The van der Waals surface area contributed by atoms with Crippen molar-refractivity contribution in [2.45, 2.75) is 27.4 Å². The van der Waals surface area contributed by atoms with Crippen LogP contribution >= 0.6 is 11.3 Å². The monoisotopic (exact) mass is 385 g/mol. The van der Waals surface area contributed by atoms with Crippen molar-refractivity contribution >= 4 is 33.9 Å². The number of hydrogen-bond donors (Lipinski definition) is 1. The van der Waals surface area contributed by atoms with Crippen molar-refractivity contribution in [3.8, 4) is 0 Å². The number of benzene rings is 1. The first-order chi connectivity index (χ1) is 12.8. The Kier molecular flexibility index (Phi) is 5.09. The summed E-state index contributed by atoms with van der Waals surface area (Å²) in [5, 5.41) is 4.51. The molecule has 0 saturated heterocycles. The lowest BCUT2D eigenvalue weighted by Crippen LogP contribution is -2.28. The molecule has 2 aromatic heterocycles. The molecule has 0 atom stereocenters. The molecule has 0 radical (unpaired) electrons. The summed E-state index contributed by atoms with van der Waals surface area (Å²) >= 11 is 1.32. The minimum absolute atomic E-state index is 0.135. The molecule has 27 heavy (non-hydrogen) atoms. The van der Waals surface area contributed by atoms with Crippen LogP contribution in [0.25, 0.3) is 4.96 Å². The Morgan fingerprint density at radius 3 is 2.74 bits per heavy atom. The van der Waals surface area contributed by atoms with Crippen LogP contribution in [0.1, 0.15) is 36.8 Å². The van der Waals surface area contributed by atoms with Crippen LogP contribution in [0.5, 0.6) is 0 Å². The maximum absolute atomic E-state index is 12.5. The number of anilines is 1. The highest BCUT2D eigenvalue weighted by Crippen LogP contribution is 2.21. The number of ether oxygens (including phenoxy) is 1. The van der Waals surface area contributed by atoms with E-state index in [0.717, 1.165) is 0 Å². The van der Waals surface area contributed by atoms with E-state index in [9.17, 15) is 14.4 Å². The van der Waals surface area contributed by atoms with Crippen molar-refractivity contribution in [2.24, 2.45) is 5.41 Å². The minimum Gasteiger partial charge on any atom is -0.456 e. The Bertz CT molecular complexity index is 1060. The number of amides is 1. The molecule has 3 rings (SSSR count). The van der Waals surface area contributed by atoms with E-state index in [-0.39, 0.29) is 23.6 Å². The van der Waals surface area contributed by atoms with E-state index < -0.39 is 11.4 Å². The number of carbonyl (C=O) groups is 2. The normalized spacial score (nSPS) is 11.4. The highest BCUT2D eigenvalue weighted by Gasteiger charge is 2.23. The maximum Gasteiger partial charge on any atom is 0.340 e. The SMILES string of the molecule is CC(C)(C)C(=O)Nc1ccccc1C(=O)OCc1cc(=O)n2ccsc2n1. The lowest BCUT2D eigenvalue weighted by atomic mass is 9.95. The van der Waals surface area contributed by atoms with Gasteiger partial charge in [0.05, 0.1) is 16.9 Å². The van der Waals surface area contributed by atoms with E-state index in [0.29, 0.717) is 16.3 Å². The summed E-state index contributed by atoms with van der Waals surface area (Å²) < 4.78 is 6.73. The molecule has 3 aromatic rings. The van der Waals surface area contributed by atoms with Gasteiger partial charge in [-0.3, -0.25) is 14.0 Å². The Morgan fingerprint density at radius 2 is 2.00 bits per heavy atom. The zero-order chi connectivity index (χ0) is 19.6. The van der Waals surface area contributed by atoms with Gasteiger partial charge in [0, 0.05) is 23.1 Å². The first-order valence-electron chi connectivity index (χ1n) is 8.29. The van der Waals surface area contributed by atoms with Crippen LogP contribution in [0.4, 0.5) is 5.69 Å². The third-order valence-corrected chi connectivity index (χ3v) is 4.54. The van der Waals surface area contributed by atoms with Gasteiger partial charge in [0.1, 0.15) is 6.61 Å². The largest absolute Gasteiger partial charge is 0.456 e. The van der Waals surface area contributed by atoms with E-state index in [1.807, 2.05) is 0 Å². The number of rotatable bonds is 4. The van der Waals surface area contributed by atoms with Crippen LogP contribution in [-0.4, -0.2) is 21.3 Å². The van der Waals surface area contributed by atoms with Crippen LogP contribution in [0.3, 0.4) is 0 Å². The summed E-state index contributed by atoms with van der Waals surface area (Å²) in [6.45, 7) is 5.22. The predicted molar refractivity (Wildman–Crippen MR) is 103 cm³/mol. The van der Waals surface area contributed by atoms with Crippen molar-refractivity contribution < 1.29 is 14.3 Å². The average molecular weight is 385 g/mol. The number of fused-ring (bicyclic) bond motifs is 1. The van der Waals surface area contributed by atoms with Crippen molar-refractivity contribution in [3.63, 3.8) is 0 Å². The Morgan fingerprint density at radius 1 is 1.26 bits per heavy atom. The highest BCUT2D eigenvalue weighted by atomic mass is 32.1. The Labute approximate surface area is 159 Å². The van der Waals surface area contributed by atoms with Crippen molar-refractivity contribution in [2.75, 3.05) is 5.32 Å². The minimum atomic E-state index is -0.604. The molecule has 7 nitrogen and oxygen atoms in total. The van der Waals surface area contributed by atoms with Gasteiger partial charge < -0.3 is 10.1 Å². The molecule has 2 heterocycles. The van der Waals surface area contributed by atoms with Gasteiger partial charge in [-0.15, -0.1) is 11.3 Å². The molecule has 1 amide bonds. The second kappa shape index (κ2) is 7.32. The van der Waals surface area contributed by atoms with Crippen LogP contribution in [0.15, 0.2) is 46.7 Å². The van der Waals surface area contributed by atoms with Crippen molar-refractivity contribution in [3.05, 3.63) is 63.5 Å². The number of carbonyl (C=O) groups excluding carboxylic acids is 2. The number of nitrogens with one attached hydrogen (secondary N) is 1. The quantitative estimate of drug-likeness (QED) is 0.697. The van der Waals surface area contributed by atoms with E-state index >= 15 is 0 Å². The molecule has 0 aliphatic rings. The molecule has 0 bridgehead atoms. The number of thiazole rings is 1. The first-order valence-corrected chi connectivity index (χ1v) is 9.17. The molecule has 1 aromatic carbocycles. The number of para-hydroxylation sites is 1. The van der Waals surface area contributed by atoms with Crippen molar-refractivity contribution in [1.82, 2.24) is 9.38 Å². The van der Waals surface area contributed by atoms with Crippen LogP contribution < -0.4 is 10.9 Å². The second-order valence-corrected chi connectivity index (χ2v) is 7.84. The fraction of sp³-hybridized carbons (Fsp3) is 0.263. The third-order valence-electron chi connectivity index (χ3n) is 3.78. The summed E-state index contributed by atoms with van der Waals surface area (Å²) in [5.74, 6) is -0.812. The smallest absolute Gasteiger partial charge is 0.340 e. The molecule has 0 unspecified atom stereocenters. The molecule has 140 valence electrons. The number of nitrogens with zero attached hydrogens (tertiary/aromatic N) is 2. The van der Waals surface area contributed by atoms with Crippen molar-refractivity contribution in [1.29, 1.82) is 0 Å². The standard InChI is InChI=1S/C19H19N3O4S/c1-19(2,3)17(25)21-14-7-5-4-6-13(14)16(24)26-11-12-10-15(23)22-8-9-27-18(22)20-12/h4-10H,11H2,1-3H3,(H,21,25). The van der Waals surface area contributed by atoms with Gasteiger partial charge in [-0.05, 0) is 12.1 Å². The van der Waals surface area contributed by atoms with Crippen LogP contribution in [-0.2, 0) is 16.1 Å². The molecule has 0 aliphatic carbocycles. The second-order valence-electron chi connectivity index (χ2n) is 6.97. The van der Waals surface area contributed by atoms with E-state index in [2.05, 4.69) is 10.3 Å². The lowest BCUT2D eigenvalue weighted by Gasteiger charge is -2.19. The summed E-state index contributed by atoms with van der Waals surface area (Å²) in [6.07, 6.45) is 1.64. The Hall–Kier alpha value is -3.00. The summed E-state index contributed by atoms with van der Waals surface area (Å²) in [7, 11) is 0. The average Bonchev–Trinajstić information content (AvgIpc) is 3.08. The summed E-state index contributed by atoms with van der Waals surface area (Å²) in [4.78, 5) is 41.5. The summed E-state index contributed by atoms with van der Waals surface area (Å²) in [5.41, 5.74) is 0.157. The highest BCUT2D eigenvalue weighted by molar-refractivity contribution is 7.15. The van der Waals surface area contributed by atoms with Gasteiger partial charge in [0.25, 0.3) is 5.56 Å². The van der Waals surface area contributed by atoms with Gasteiger partial charge >= 0.3 is 5.97 Å². The molecule has 8 heteroatoms. The zero-order valence-corrected chi connectivity index (χ0v) is 16.0. The van der Waals surface area contributed by atoms with E-state index in [1.54, 1.807) is 56.6 Å². The fourth-order valence-electron chi connectivity index (χ4n) is 2.26. The van der Waals surface area contributed by atoms with Gasteiger partial charge in [0.15, 0.2) is 4.96 Å². The molecule has 1 N–H and O–H groups in total. The number of esters is 1. The van der Waals surface area contributed by atoms with Gasteiger partial charge in [-0.2, -0.15) is 0 Å². The summed E-state index contributed by atoms with van der Waals surface area (Å²) in [6, 6.07) is 7.96. The van der Waals surface area contributed by atoms with Crippen LogP contribution in [0.2, 0.25) is 0 Å². The van der Waals surface area contributed by atoms with Gasteiger partial charge in [-0.25, -0.2) is 9.78 Å². The predicted octanol–water partition coefficient (Wildman–Crippen LogP) is 3.10. The Balaban J connectivity index is 1.76. The molecule has 0 fully saturated rings. The van der Waals surface area contributed by atoms with Gasteiger partial charge in [-0.1, -0.05) is 32.9 Å². The molecule has 0 aliphatic heterocycles. The number of hydrogen-bond acceptors (Lipinski definition) is 6. The third kappa shape index (κ3) is 4.22. The molecule has 0 saturated carbocycles. The van der Waals surface area contributed by atoms with Gasteiger partial charge in [0.2, 0.25) is 5.91 Å². The maximum atomic E-state index is 12.5. The molecule has 0 spiro atoms. The molecular weight excluding hydrogens is 366 g/mol. The van der Waals surface area contributed by atoms with E-state index in [1.165, 1.54) is 21.8 Å². The topological polar surface area (TPSA) is 89.8 Å². The molecular formula is C19H19N3O4S. The number of aromatic nitrogens is 2. The lowest BCUT2D eigenvalue weighted by molar-refractivity contribution is -0.123. The fourth-order valence-corrected chi connectivity index (χ4v) is 3.00. The van der Waals surface area contributed by atoms with Crippen LogP contribution in [0, 0.1) is 5.41 Å². The first kappa shape index (κ1) is 18.8. The van der Waals surface area contributed by atoms with E-state index in [4.69, 9.17) is 4.74 Å².